The van der Waals surface area contributed by atoms with Crippen molar-refractivity contribution in [2.24, 2.45) is 0 Å². The molecule has 0 bridgehead atoms. The van der Waals surface area contributed by atoms with Gasteiger partial charge in [0.25, 0.3) is 0 Å². The molecule has 0 spiro atoms. The van der Waals surface area contributed by atoms with Gasteiger partial charge in [-0.1, -0.05) is 11.6 Å². The monoisotopic (exact) mass is 196 g/mol. The van der Waals surface area contributed by atoms with Gasteiger partial charge in [0, 0.05) is 26.2 Å². The van der Waals surface area contributed by atoms with Gasteiger partial charge in [-0.15, -0.1) is 0 Å². The van der Waals surface area contributed by atoms with Crippen LogP contribution in [0.1, 0.15) is 13.3 Å². The second kappa shape index (κ2) is 4.24. The van der Waals surface area contributed by atoms with Gasteiger partial charge in [0.1, 0.15) is 5.83 Å². The van der Waals surface area contributed by atoms with Gasteiger partial charge in [-0.25, -0.2) is 4.39 Å². The Labute approximate surface area is 84.5 Å². The number of nitrogens with zero attached hydrogens (tertiary/aromatic N) is 1. The molecule has 0 aromatic rings. The van der Waals surface area contributed by atoms with Crippen molar-refractivity contribution in [2.45, 2.75) is 13.3 Å². The summed E-state index contributed by atoms with van der Waals surface area (Å²) in [6.45, 7) is 6.63. The molecule has 2 heterocycles. The third kappa shape index (κ3) is 2.22. The Kier molecular flexibility index (Phi) is 2.99. The fraction of sp³-hybridized carbons (Fsp3) is 0.636. The Morgan fingerprint density at radius 2 is 2.36 bits per heavy atom. The van der Waals surface area contributed by atoms with Gasteiger partial charge in [-0.3, -0.25) is 4.90 Å². The highest BCUT2D eigenvalue weighted by molar-refractivity contribution is 5.22. The average Bonchev–Trinajstić information content (AvgIpc) is 1.99. The maximum Gasteiger partial charge on any atom is 0.110 e. The van der Waals surface area contributed by atoms with E-state index in [2.05, 4.69) is 17.1 Å². The number of halogens is 1. The van der Waals surface area contributed by atoms with Crippen molar-refractivity contribution in [2.75, 3.05) is 32.7 Å². The zero-order valence-electron chi connectivity index (χ0n) is 8.65. The van der Waals surface area contributed by atoms with Crippen LogP contribution in [0.2, 0.25) is 0 Å². The normalized spacial score (nSPS) is 23.0. The summed E-state index contributed by atoms with van der Waals surface area (Å²) in [6, 6.07) is 0. The lowest BCUT2D eigenvalue weighted by Gasteiger charge is -2.28. The molecule has 0 amide bonds. The molecule has 1 saturated heterocycles. The number of hydrogen-bond acceptors (Lipinski definition) is 2. The van der Waals surface area contributed by atoms with Crippen LogP contribution in [0.25, 0.3) is 0 Å². The van der Waals surface area contributed by atoms with Crippen molar-refractivity contribution in [1.29, 1.82) is 0 Å². The van der Waals surface area contributed by atoms with Crippen molar-refractivity contribution in [1.82, 2.24) is 10.2 Å². The first-order chi connectivity index (χ1) is 6.75. The summed E-state index contributed by atoms with van der Waals surface area (Å²) in [5, 5.41) is 3.23. The molecule has 1 fully saturated rings. The molecule has 0 atom stereocenters. The number of nitrogens with one attached hydrogen (secondary N) is 1. The highest BCUT2D eigenvalue weighted by Crippen LogP contribution is 2.15. The molecule has 2 nitrogen and oxygen atoms in total. The van der Waals surface area contributed by atoms with Crippen LogP contribution >= 0.6 is 0 Å². The fourth-order valence-corrected chi connectivity index (χ4v) is 1.89. The molecule has 0 aromatic heterocycles. The van der Waals surface area contributed by atoms with E-state index in [4.69, 9.17) is 0 Å². The van der Waals surface area contributed by atoms with Crippen LogP contribution in [0, 0.1) is 0 Å². The molecule has 0 aromatic carbocycles. The van der Waals surface area contributed by atoms with Gasteiger partial charge in [-0.05, 0) is 18.9 Å². The molecule has 0 saturated carbocycles. The Morgan fingerprint density at radius 3 is 2.93 bits per heavy atom. The fourth-order valence-electron chi connectivity index (χ4n) is 1.89. The molecular formula is C11H17FN2. The van der Waals surface area contributed by atoms with E-state index in [9.17, 15) is 4.39 Å². The Hall–Kier alpha value is -0.670. The van der Waals surface area contributed by atoms with Crippen LogP contribution in [0.15, 0.2) is 23.0 Å². The summed E-state index contributed by atoms with van der Waals surface area (Å²) in [4.78, 5) is 2.18. The second-order valence-corrected chi connectivity index (χ2v) is 4.14. The van der Waals surface area contributed by atoms with Gasteiger partial charge in [0.15, 0.2) is 0 Å². The summed E-state index contributed by atoms with van der Waals surface area (Å²) in [5.41, 5.74) is 2.92. The number of hydrogen-bond donors (Lipinski definition) is 1. The Balaban J connectivity index is 1.88. The first-order valence-electron chi connectivity index (χ1n) is 5.21. The maximum absolute atomic E-state index is 13.0. The molecule has 3 heteroatoms. The zero-order valence-corrected chi connectivity index (χ0v) is 8.65. The smallest absolute Gasteiger partial charge is 0.110 e. The molecule has 78 valence electrons. The van der Waals surface area contributed by atoms with Crippen LogP contribution in [-0.4, -0.2) is 37.6 Å². The van der Waals surface area contributed by atoms with Crippen LogP contribution < -0.4 is 5.32 Å². The van der Waals surface area contributed by atoms with E-state index in [1.807, 2.05) is 0 Å². The topological polar surface area (TPSA) is 15.3 Å². The summed E-state index contributed by atoms with van der Waals surface area (Å²) in [6.07, 6.45) is 2.55. The molecule has 1 N–H and O–H groups in total. The highest BCUT2D eigenvalue weighted by atomic mass is 19.1. The van der Waals surface area contributed by atoms with Crippen LogP contribution in [0.3, 0.4) is 0 Å². The van der Waals surface area contributed by atoms with Crippen molar-refractivity contribution in [3.05, 3.63) is 23.0 Å². The molecule has 0 aliphatic carbocycles. The second-order valence-electron chi connectivity index (χ2n) is 4.14. The van der Waals surface area contributed by atoms with Crippen molar-refractivity contribution in [3.63, 3.8) is 0 Å². The van der Waals surface area contributed by atoms with Crippen molar-refractivity contribution >= 4 is 0 Å². The van der Waals surface area contributed by atoms with E-state index in [1.54, 1.807) is 6.08 Å². The quantitative estimate of drug-likeness (QED) is 0.673. The van der Waals surface area contributed by atoms with Crippen LogP contribution in [0.5, 0.6) is 0 Å². The summed E-state index contributed by atoms with van der Waals surface area (Å²) < 4.78 is 13.0. The minimum atomic E-state index is 0.0285. The first-order valence-corrected chi connectivity index (χ1v) is 5.21. The predicted molar refractivity (Wildman–Crippen MR) is 55.8 cm³/mol. The average molecular weight is 196 g/mol. The third-order valence-electron chi connectivity index (χ3n) is 2.93. The van der Waals surface area contributed by atoms with Crippen LogP contribution in [-0.2, 0) is 0 Å². The van der Waals surface area contributed by atoms with Gasteiger partial charge in [0.2, 0.25) is 0 Å². The van der Waals surface area contributed by atoms with E-state index in [1.165, 1.54) is 11.1 Å². The molecule has 2 rings (SSSR count). The lowest BCUT2D eigenvalue weighted by atomic mass is 10.0. The van der Waals surface area contributed by atoms with Crippen molar-refractivity contribution < 1.29 is 4.39 Å². The summed E-state index contributed by atoms with van der Waals surface area (Å²) in [7, 11) is 0. The van der Waals surface area contributed by atoms with E-state index in [-0.39, 0.29) is 5.83 Å². The van der Waals surface area contributed by atoms with Gasteiger partial charge >= 0.3 is 0 Å². The Bertz CT molecular complexity index is 275. The highest BCUT2D eigenvalue weighted by Gasteiger charge is 2.16. The molecule has 0 unspecified atom stereocenters. The van der Waals surface area contributed by atoms with E-state index in [0.29, 0.717) is 6.54 Å². The predicted octanol–water partition coefficient (Wildman–Crippen LogP) is 1.47. The lowest BCUT2D eigenvalue weighted by molar-refractivity contribution is 0.286. The van der Waals surface area contributed by atoms with E-state index in [0.717, 1.165) is 32.6 Å². The summed E-state index contributed by atoms with van der Waals surface area (Å²) >= 11 is 0. The largest absolute Gasteiger partial charge is 0.309 e. The minimum absolute atomic E-state index is 0.0285. The SMILES string of the molecule is CC(CN1CCC=C(F)C1)=C1CNC1. The lowest BCUT2D eigenvalue weighted by Crippen LogP contribution is -2.37. The standard InChI is InChI=1S/C11H17FN2/c1-9(10-5-13-6-10)7-14-4-2-3-11(12)8-14/h3,13H,2,4-8H2,1H3. The zero-order chi connectivity index (χ0) is 9.97. The van der Waals surface area contributed by atoms with Gasteiger partial charge < -0.3 is 5.32 Å². The third-order valence-corrected chi connectivity index (χ3v) is 2.93. The minimum Gasteiger partial charge on any atom is -0.309 e. The first kappa shape index (κ1) is 9.87. The van der Waals surface area contributed by atoms with E-state index >= 15 is 0 Å². The number of rotatable bonds is 2. The van der Waals surface area contributed by atoms with Crippen molar-refractivity contribution in [3.8, 4) is 0 Å². The molecule has 0 radical (unpaired) electrons. The summed E-state index contributed by atoms with van der Waals surface area (Å²) in [5.74, 6) is 0.0285. The van der Waals surface area contributed by atoms with Crippen LogP contribution in [0.4, 0.5) is 4.39 Å². The maximum atomic E-state index is 13.0. The van der Waals surface area contributed by atoms with Gasteiger partial charge in [-0.2, -0.15) is 0 Å². The van der Waals surface area contributed by atoms with E-state index < -0.39 is 0 Å². The molecular weight excluding hydrogens is 179 g/mol. The molecule has 14 heavy (non-hydrogen) atoms. The molecule has 2 aliphatic heterocycles. The molecule has 2 aliphatic rings. The Morgan fingerprint density at radius 1 is 1.57 bits per heavy atom. The van der Waals surface area contributed by atoms with Gasteiger partial charge in [0.05, 0.1) is 6.54 Å².